The number of likely N-dealkylation sites (tertiary alicyclic amines) is 2. The fourth-order valence-electron chi connectivity index (χ4n) is 4.24. The molecular formula is C18H25F2N7O. The number of carbonyl (C=O) groups excluding carboxylic acids is 1. The van der Waals surface area contributed by atoms with Crippen LogP contribution in [0.5, 0.6) is 0 Å². The van der Waals surface area contributed by atoms with Crippen molar-refractivity contribution in [2.24, 2.45) is 0 Å². The van der Waals surface area contributed by atoms with Crippen LogP contribution in [-0.2, 0) is 11.3 Å². The zero-order valence-electron chi connectivity index (χ0n) is 16.1. The minimum absolute atomic E-state index is 0.00976. The van der Waals surface area contributed by atoms with Crippen molar-refractivity contribution >= 4 is 22.9 Å². The van der Waals surface area contributed by atoms with Gasteiger partial charge in [0.15, 0.2) is 22.8 Å². The second-order valence-corrected chi connectivity index (χ2v) is 7.46. The van der Waals surface area contributed by atoms with Gasteiger partial charge in [-0.1, -0.05) is 0 Å². The van der Waals surface area contributed by atoms with E-state index in [0.29, 0.717) is 36.6 Å². The number of anilines is 1. The van der Waals surface area contributed by atoms with Gasteiger partial charge in [-0.15, -0.1) is 0 Å². The Labute approximate surface area is 161 Å². The molecule has 4 heterocycles. The number of carbonyl (C=O) groups is 1. The molecule has 2 atom stereocenters. The van der Waals surface area contributed by atoms with Crippen LogP contribution in [0.3, 0.4) is 0 Å². The Bertz CT molecular complexity index is 871. The summed E-state index contributed by atoms with van der Waals surface area (Å²) in [5.74, 6) is 0.317. The molecule has 0 saturated carbocycles. The fraction of sp³-hybridized carbons (Fsp3) is 0.667. The van der Waals surface area contributed by atoms with Crippen molar-refractivity contribution in [3.63, 3.8) is 0 Å². The quantitative estimate of drug-likeness (QED) is 0.836. The molecule has 152 valence electrons. The summed E-state index contributed by atoms with van der Waals surface area (Å²) in [5, 5.41) is 3.29. The maximum absolute atomic E-state index is 13.3. The number of nitrogens with zero attached hydrogens (tertiary/aromatic N) is 6. The van der Waals surface area contributed by atoms with Gasteiger partial charge in [-0.3, -0.25) is 9.69 Å². The molecule has 2 aromatic heterocycles. The van der Waals surface area contributed by atoms with Crippen LogP contribution in [0.15, 0.2) is 6.33 Å². The number of alkyl halides is 2. The van der Waals surface area contributed by atoms with Gasteiger partial charge >= 0.3 is 0 Å². The SMILES string of the molecule is CCn1c(C(F)F)nc2c(NC3CCN(C(=O)[C@@H]4CCCN4C)C3)ncnc21. The lowest BCUT2D eigenvalue weighted by atomic mass is 10.2. The number of halogens is 2. The van der Waals surface area contributed by atoms with Crippen molar-refractivity contribution in [1.82, 2.24) is 29.3 Å². The zero-order valence-corrected chi connectivity index (χ0v) is 16.1. The third-order valence-corrected chi connectivity index (χ3v) is 5.72. The van der Waals surface area contributed by atoms with Gasteiger partial charge in [-0.05, 0) is 39.8 Å². The minimum atomic E-state index is -2.68. The van der Waals surface area contributed by atoms with Gasteiger partial charge in [0.25, 0.3) is 6.43 Å². The molecule has 1 unspecified atom stereocenters. The van der Waals surface area contributed by atoms with E-state index >= 15 is 0 Å². The molecule has 1 amide bonds. The number of rotatable bonds is 5. The van der Waals surface area contributed by atoms with Crippen LogP contribution in [-0.4, -0.2) is 74.0 Å². The Kier molecular flexibility index (Phi) is 5.13. The van der Waals surface area contributed by atoms with Gasteiger partial charge in [-0.2, -0.15) is 0 Å². The predicted octanol–water partition coefficient (Wildman–Crippen LogP) is 1.89. The van der Waals surface area contributed by atoms with E-state index in [1.165, 1.54) is 10.9 Å². The van der Waals surface area contributed by atoms with Crippen molar-refractivity contribution < 1.29 is 13.6 Å². The van der Waals surface area contributed by atoms with E-state index < -0.39 is 6.43 Å². The first-order valence-corrected chi connectivity index (χ1v) is 9.74. The van der Waals surface area contributed by atoms with Crippen molar-refractivity contribution in [3.05, 3.63) is 12.2 Å². The first-order chi connectivity index (χ1) is 13.5. The Morgan fingerprint density at radius 3 is 2.82 bits per heavy atom. The Morgan fingerprint density at radius 1 is 1.32 bits per heavy atom. The maximum atomic E-state index is 13.3. The molecule has 4 rings (SSSR count). The van der Waals surface area contributed by atoms with Gasteiger partial charge in [0.05, 0.1) is 6.04 Å². The van der Waals surface area contributed by atoms with Crippen molar-refractivity contribution in [2.75, 3.05) is 32.0 Å². The molecule has 2 aliphatic heterocycles. The molecule has 2 saturated heterocycles. The number of nitrogens with one attached hydrogen (secondary N) is 1. The molecule has 0 radical (unpaired) electrons. The molecule has 0 aromatic carbocycles. The standard InChI is InChI=1S/C18H25F2N7O/c1-3-27-16-13(24-17(27)14(19)20)15(21-10-22-16)23-11-6-8-26(9-11)18(28)12-5-4-7-25(12)2/h10-12,14H,3-9H2,1-2H3,(H,21,22,23)/t11?,12-/m0/s1. The summed E-state index contributed by atoms with van der Waals surface area (Å²) in [6.07, 6.45) is 1.42. The first-order valence-electron chi connectivity index (χ1n) is 9.74. The number of amides is 1. The van der Waals surface area contributed by atoms with Crippen LogP contribution in [0.4, 0.5) is 14.6 Å². The number of fused-ring (bicyclic) bond motifs is 1. The molecule has 2 aromatic rings. The number of hydrogen-bond donors (Lipinski definition) is 1. The lowest BCUT2D eigenvalue weighted by Gasteiger charge is -2.25. The largest absolute Gasteiger partial charge is 0.364 e. The number of imidazole rings is 1. The monoisotopic (exact) mass is 393 g/mol. The van der Waals surface area contributed by atoms with Crippen molar-refractivity contribution in [3.8, 4) is 0 Å². The normalized spacial score (nSPS) is 23.2. The van der Waals surface area contributed by atoms with Crippen LogP contribution >= 0.6 is 0 Å². The number of aromatic nitrogens is 4. The van der Waals surface area contributed by atoms with Crippen LogP contribution in [0.25, 0.3) is 11.2 Å². The Balaban J connectivity index is 1.51. The number of aryl methyl sites for hydroxylation is 1. The van der Waals surface area contributed by atoms with Crippen LogP contribution in [0.1, 0.15) is 38.4 Å². The molecular weight excluding hydrogens is 368 g/mol. The third kappa shape index (κ3) is 3.30. The summed E-state index contributed by atoms with van der Waals surface area (Å²) in [4.78, 5) is 29.2. The minimum Gasteiger partial charge on any atom is -0.364 e. The molecule has 0 spiro atoms. The van der Waals surface area contributed by atoms with Gasteiger partial charge in [-0.25, -0.2) is 23.7 Å². The predicted molar refractivity (Wildman–Crippen MR) is 100 cm³/mol. The van der Waals surface area contributed by atoms with E-state index in [4.69, 9.17) is 0 Å². The molecule has 0 aliphatic carbocycles. The van der Waals surface area contributed by atoms with E-state index in [-0.39, 0.29) is 23.8 Å². The van der Waals surface area contributed by atoms with E-state index in [9.17, 15) is 13.6 Å². The Morgan fingerprint density at radius 2 is 2.14 bits per heavy atom. The highest BCUT2D eigenvalue weighted by Crippen LogP contribution is 2.27. The molecule has 0 bridgehead atoms. The summed E-state index contributed by atoms with van der Waals surface area (Å²) in [6, 6.07) is -0.0195. The Hall–Kier alpha value is -2.36. The molecule has 28 heavy (non-hydrogen) atoms. The topological polar surface area (TPSA) is 79.2 Å². The average molecular weight is 393 g/mol. The van der Waals surface area contributed by atoms with E-state index in [2.05, 4.69) is 25.2 Å². The third-order valence-electron chi connectivity index (χ3n) is 5.72. The molecule has 10 heteroatoms. The second-order valence-electron chi connectivity index (χ2n) is 7.46. The zero-order chi connectivity index (χ0) is 19.8. The van der Waals surface area contributed by atoms with E-state index in [1.807, 2.05) is 11.9 Å². The van der Waals surface area contributed by atoms with Gasteiger partial charge < -0.3 is 14.8 Å². The lowest BCUT2D eigenvalue weighted by molar-refractivity contribution is -0.134. The molecule has 2 fully saturated rings. The summed E-state index contributed by atoms with van der Waals surface area (Å²) < 4.78 is 28.0. The summed E-state index contributed by atoms with van der Waals surface area (Å²) in [7, 11) is 1.99. The summed E-state index contributed by atoms with van der Waals surface area (Å²) in [5.41, 5.74) is 0.744. The van der Waals surface area contributed by atoms with E-state index in [1.54, 1.807) is 6.92 Å². The molecule has 1 N–H and O–H groups in total. The molecule has 8 nitrogen and oxygen atoms in total. The van der Waals surface area contributed by atoms with Gasteiger partial charge in [0.2, 0.25) is 5.91 Å². The van der Waals surface area contributed by atoms with Gasteiger partial charge in [0.1, 0.15) is 6.33 Å². The van der Waals surface area contributed by atoms with Crippen LogP contribution in [0, 0.1) is 0 Å². The average Bonchev–Trinajstić information content (AvgIpc) is 3.39. The van der Waals surface area contributed by atoms with Crippen molar-refractivity contribution in [1.29, 1.82) is 0 Å². The smallest absolute Gasteiger partial charge is 0.295 e. The van der Waals surface area contributed by atoms with Crippen molar-refractivity contribution in [2.45, 2.75) is 51.2 Å². The second kappa shape index (κ2) is 7.57. The highest BCUT2D eigenvalue weighted by Gasteiger charge is 2.35. The summed E-state index contributed by atoms with van der Waals surface area (Å²) >= 11 is 0. The van der Waals surface area contributed by atoms with Gasteiger partial charge in [0, 0.05) is 25.7 Å². The molecule has 2 aliphatic rings. The maximum Gasteiger partial charge on any atom is 0.295 e. The highest BCUT2D eigenvalue weighted by atomic mass is 19.3. The lowest BCUT2D eigenvalue weighted by Crippen LogP contribution is -2.44. The summed E-state index contributed by atoms with van der Waals surface area (Å²) in [6.45, 7) is 4.35. The fourth-order valence-corrected chi connectivity index (χ4v) is 4.24. The van der Waals surface area contributed by atoms with Crippen LogP contribution < -0.4 is 5.32 Å². The van der Waals surface area contributed by atoms with E-state index in [0.717, 1.165) is 25.8 Å². The number of hydrogen-bond acceptors (Lipinski definition) is 6. The number of likely N-dealkylation sites (N-methyl/N-ethyl adjacent to an activating group) is 1. The van der Waals surface area contributed by atoms with Crippen LogP contribution in [0.2, 0.25) is 0 Å². The first kappa shape index (κ1) is 19.0. The highest BCUT2D eigenvalue weighted by molar-refractivity contribution is 5.84.